The quantitative estimate of drug-likeness (QED) is 0.828. The van der Waals surface area contributed by atoms with Crippen molar-refractivity contribution in [2.75, 3.05) is 13.1 Å². The molecule has 1 atom stereocenters. The predicted molar refractivity (Wildman–Crippen MR) is 60.0 cm³/mol. The molecule has 1 saturated heterocycles. The van der Waals surface area contributed by atoms with Crippen LogP contribution in [0.25, 0.3) is 0 Å². The minimum atomic E-state index is 0.565. The van der Waals surface area contributed by atoms with E-state index in [1.54, 1.807) is 0 Å². The molecule has 0 radical (unpaired) electrons. The molecule has 1 aliphatic heterocycles. The van der Waals surface area contributed by atoms with Crippen LogP contribution in [-0.2, 0) is 6.42 Å². The number of nitrogens with one attached hydrogen (secondary N) is 1. The zero-order valence-corrected chi connectivity index (χ0v) is 9.84. The maximum atomic E-state index is 5.70. The summed E-state index contributed by atoms with van der Waals surface area (Å²) < 4.78 is 5.70. The van der Waals surface area contributed by atoms with Crippen molar-refractivity contribution in [2.24, 2.45) is 5.92 Å². The van der Waals surface area contributed by atoms with E-state index in [0.717, 1.165) is 31.2 Å². The van der Waals surface area contributed by atoms with Gasteiger partial charge in [0.25, 0.3) is 0 Å². The van der Waals surface area contributed by atoms with Gasteiger partial charge in [0.15, 0.2) is 5.89 Å². The molecule has 2 rings (SSSR count). The van der Waals surface area contributed by atoms with Crippen molar-refractivity contribution < 1.29 is 4.42 Å². The van der Waals surface area contributed by atoms with Gasteiger partial charge in [0.1, 0.15) is 5.76 Å². The number of hydrogen-bond acceptors (Lipinski definition) is 3. The highest BCUT2D eigenvalue weighted by Crippen LogP contribution is 2.25. The van der Waals surface area contributed by atoms with Gasteiger partial charge in [-0.3, -0.25) is 0 Å². The molecule has 0 bridgehead atoms. The van der Waals surface area contributed by atoms with Crippen molar-refractivity contribution in [3.63, 3.8) is 0 Å². The van der Waals surface area contributed by atoms with Crippen LogP contribution in [0.1, 0.15) is 43.5 Å². The fraction of sp³-hybridized carbons (Fsp3) is 0.750. The van der Waals surface area contributed by atoms with Crippen LogP contribution in [0.3, 0.4) is 0 Å². The fourth-order valence-electron chi connectivity index (χ4n) is 2.17. The third-order valence-electron chi connectivity index (χ3n) is 2.91. The van der Waals surface area contributed by atoms with Crippen LogP contribution >= 0.6 is 0 Å². The van der Waals surface area contributed by atoms with E-state index in [1.165, 1.54) is 12.1 Å². The molecular formula is C12H20N2O. The van der Waals surface area contributed by atoms with E-state index in [-0.39, 0.29) is 0 Å². The molecule has 2 heterocycles. The Morgan fingerprint density at radius 1 is 1.53 bits per heavy atom. The van der Waals surface area contributed by atoms with Gasteiger partial charge in [0.2, 0.25) is 0 Å². The van der Waals surface area contributed by atoms with Crippen molar-refractivity contribution in [2.45, 2.75) is 39.5 Å². The Morgan fingerprint density at radius 3 is 2.93 bits per heavy atom. The topological polar surface area (TPSA) is 38.1 Å². The highest BCUT2D eigenvalue weighted by molar-refractivity contribution is 5.16. The van der Waals surface area contributed by atoms with Gasteiger partial charge in [-0.15, -0.1) is 0 Å². The molecule has 0 aromatic carbocycles. The van der Waals surface area contributed by atoms with Crippen LogP contribution in [0.15, 0.2) is 4.42 Å². The predicted octanol–water partition coefficient (Wildman–Crippen LogP) is 2.26. The SMILES string of the molecule is Cc1oc(CC(C)C)nc1C1CCNC1. The lowest BCUT2D eigenvalue weighted by atomic mass is 10.0. The average Bonchev–Trinajstić information content (AvgIpc) is 2.72. The molecular weight excluding hydrogens is 188 g/mol. The fourth-order valence-corrected chi connectivity index (χ4v) is 2.17. The Hall–Kier alpha value is -0.830. The molecule has 3 nitrogen and oxygen atoms in total. The number of aryl methyl sites for hydroxylation is 1. The third kappa shape index (κ3) is 2.40. The zero-order valence-electron chi connectivity index (χ0n) is 9.84. The molecule has 0 saturated carbocycles. The summed E-state index contributed by atoms with van der Waals surface area (Å²) in [7, 11) is 0. The summed E-state index contributed by atoms with van der Waals surface area (Å²) in [5, 5.41) is 3.37. The summed E-state index contributed by atoms with van der Waals surface area (Å²) in [6, 6.07) is 0. The zero-order chi connectivity index (χ0) is 10.8. The second-order valence-corrected chi connectivity index (χ2v) is 4.84. The van der Waals surface area contributed by atoms with Crippen molar-refractivity contribution in [3.8, 4) is 0 Å². The molecule has 0 spiro atoms. The lowest BCUT2D eigenvalue weighted by Crippen LogP contribution is -2.08. The minimum Gasteiger partial charge on any atom is -0.446 e. The molecule has 1 aliphatic rings. The maximum absolute atomic E-state index is 5.70. The van der Waals surface area contributed by atoms with Gasteiger partial charge in [-0.1, -0.05) is 13.8 Å². The Morgan fingerprint density at radius 2 is 2.33 bits per heavy atom. The van der Waals surface area contributed by atoms with E-state index in [1.807, 2.05) is 6.92 Å². The largest absolute Gasteiger partial charge is 0.446 e. The number of hydrogen-bond donors (Lipinski definition) is 1. The Kier molecular flexibility index (Phi) is 3.10. The van der Waals surface area contributed by atoms with Gasteiger partial charge >= 0.3 is 0 Å². The average molecular weight is 208 g/mol. The van der Waals surface area contributed by atoms with Crippen LogP contribution in [0, 0.1) is 12.8 Å². The highest BCUT2D eigenvalue weighted by Gasteiger charge is 2.23. The van der Waals surface area contributed by atoms with Gasteiger partial charge in [-0.05, 0) is 25.8 Å². The van der Waals surface area contributed by atoms with Gasteiger partial charge in [-0.2, -0.15) is 0 Å². The summed E-state index contributed by atoms with van der Waals surface area (Å²) in [6.45, 7) is 8.57. The molecule has 1 aromatic heterocycles. The Balaban J connectivity index is 2.13. The normalized spacial score (nSPS) is 21.5. The number of oxazole rings is 1. The van der Waals surface area contributed by atoms with Crippen LogP contribution in [-0.4, -0.2) is 18.1 Å². The highest BCUT2D eigenvalue weighted by atomic mass is 16.4. The maximum Gasteiger partial charge on any atom is 0.194 e. The van der Waals surface area contributed by atoms with Crippen molar-refractivity contribution in [3.05, 3.63) is 17.3 Å². The summed E-state index contributed by atoms with van der Waals surface area (Å²) in [4.78, 5) is 4.63. The van der Waals surface area contributed by atoms with Crippen molar-refractivity contribution in [1.82, 2.24) is 10.3 Å². The van der Waals surface area contributed by atoms with E-state index in [9.17, 15) is 0 Å². The summed E-state index contributed by atoms with van der Waals surface area (Å²) in [5.74, 6) is 3.09. The van der Waals surface area contributed by atoms with Gasteiger partial charge in [0, 0.05) is 18.9 Å². The molecule has 0 amide bonds. The van der Waals surface area contributed by atoms with E-state index >= 15 is 0 Å². The number of rotatable bonds is 3. The molecule has 15 heavy (non-hydrogen) atoms. The van der Waals surface area contributed by atoms with Crippen LogP contribution < -0.4 is 5.32 Å². The molecule has 1 fully saturated rings. The Bertz CT molecular complexity index is 324. The number of aromatic nitrogens is 1. The van der Waals surface area contributed by atoms with Gasteiger partial charge in [0.05, 0.1) is 5.69 Å². The first-order valence-corrected chi connectivity index (χ1v) is 5.83. The molecule has 1 N–H and O–H groups in total. The monoisotopic (exact) mass is 208 g/mol. The van der Waals surface area contributed by atoms with Gasteiger partial charge in [-0.25, -0.2) is 4.98 Å². The number of nitrogens with zero attached hydrogens (tertiary/aromatic N) is 1. The summed E-state index contributed by atoms with van der Waals surface area (Å²) in [6.07, 6.45) is 2.13. The summed E-state index contributed by atoms with van der Waals surface area (Å²) in [5.41, 5.74) is 1.18. The van der Waals surface area contributed by atoms with Crippen molar-refractivity contribution in [1.29, 1.82) is 0 Å². The summed E-state index contributed by atoms with van der Waals surface area (Å²) >= 11 is 0. The first kappa shape index (κ1) is 10.7. The lowest BCUT2D eigenvalue weighted by Gasteiger charge is -2.03. The van der Waals surface area contributed by atoms with Crippen LogP contribution in [0.5, 0.6) is 0 Å². The smallest absolute Gasteiger partial charge is 0.194 e. The van der Waals surface area contributed by atoms with Crippen LogP contribution in [0.4, 0.5) is 0 Å². The van der Waals surface area contributed by atoms with E-state index < -0.39 is 0 Å². The lowest BCUT2D eigenvalue weighted by molar-refractivity contribution is 0.439. The van der Waals surface area contributed by atoms with E-state index in [0.29, 0.717) is 11.8 Å². The van der Waals surface area contributed by atoms with E-state index in [2.05, 4.69) is 24.1 Å². The molecule has 0 aliphatic carbocycles. The minimum absolute atomic E-state index is 0.565. The van der Waals surface area contributed by atoms with Crippen molar-refractivity contribution >= 4 is 0 Å². The van der Waals surface area contributed by atoms with Crippen LogP contribution in [0.2, 0.25) is 0 Å². The second-order valence-electron chi connectivity index (χ2n) is 4.84. The Labute approximate surface area is 91.3 Å². The standard InChI is InChI=1S/C12H20N2O/c1-8(2)6-11-14-12(9(3)15-11)10-4-5-13-7-10/h8,10,13H,4-7H2,1-3H3. The van der Waals surface area contributed by atoms with Gasteiger partial charge < -0.3 is 9.73 Å². The second kappa shape index (κ2) is 4.35. The first-order chi connectivity index (χ1) is 7.16. The molecule has 84 valence electrons. The first-order valence-electron chi connectivity index (χ1n) is 5.83. The molecule has 1 unspecified atom stereocenters. The van der Waals surface area contributed by atoms with E-state index in [4.69, 9.17) is 4.42 Å². The molecule has 3 heteroatoms. The molecule has 1 aromatic rings. The third-order valence-corrected chi connectivity index (χ3v) is 2.91.